The SMILES string of the molecule is O=C(c1nc2cc3c(-c4ccncc4)n[nH]c3cc2[nH]1)N1C=CC=C[C@@H]1N=Nc1ccccc1. The van der Waals surface area contributed by atoms with Crippen molar-refractivity contribution in [2.75, 3.05) is 0 Å². The lowest BCUT2D eigenvalue weighted by Crippen LogP contribution is -2.35. The van der Waals surface area contributed by atoms with Crippen molar-refractivity contribution in [1.29, 1.82) is 0 Å². The van der Waals surface area contributed by atoms with Gasteiger partial charge in [0.2, 0.25) is 0 Å². The molecule has 164 valence electrons. The normalized spacial score (nSPS) is 15.6. The van der Waals surface area contributed by atoms with Crippen molar-refractivity contribution >= 4 is 33.5 Å². The van der Waals surface area contributed by atoms with Crippen LogP contribution in [0, 0.1) is 0 Å². The van der Waals surface area contributed by atoms with Crippen LogP contribution in [0.4, 0.5) is 5.69 Å². The molecule has 0 radical (unpaired) electrons. The van der Waals surface area contributed by atoms with Gasteiger partial charge in [0, 0.05) is 29.5 Å². The molecular weight excluding hydrogens is 428 g/mol. The van der Waals surface area contributed by atoms with Gasteiger partial charge < -0.3 is 4.98 Å². The molecule has 0 aliphatic carbocycles. The molecule has 5 aromatic rings. The van der Waals surface area contributed by atoms with Crippen LogP contribution in [0.5, 0.6) is 0 Å². The van der Waals surface area contributed by atoms with Crippen LogP contribution < -0.4 is 0 Å². The zero-order valence-corrected chi connectivity index (χ0v) is 17.8. The maximum atomic E-state index is 13.3. The molecule has 1 aliphatic heterocycles. The molecular formula is C25H18N8O. The van der Waals surface area contributed by atoms with Crippen LogP contribution >= 0.6 is 0 Å². The highest BCUT2D eigenvalue weighted by molar-refractivity contribution is 6.02. The van der Waals surface area contributed by atoms with E-state index < -0.39 is 6.17 Å². The third-order valence-corrected chi connectivity index (χ3v) is 5.53. The number of rotatable bonds is 4. The second-order valence-electron chi connectivity index (χ2n) is 7.71. The highest BCUT2D eigenvalue weighted by Gasteiger charge is 2.25. The van der Waals surface area contributed by atoms with E-state index in [1.165, 1.54) is 4.90 Å². The molecule has 0 saturated carbocycles. The molecule has 0 bridgehead atoms. The van der Waals surface area contributed by atoms with E-state index in [1.807, 2.05) is 66.7 Å². The molecule has 1 atom stereocenters. The molecule has 0 fully saturated rings. The number of nitrogens with one attached hydrogen (secondary N) is 2. The smallest absolute Gasteiger partial charge is 0.295 e. The third-order valence-electron chi connectivity index (χ3n) is 5.53. The number of nitrogens with zero attached hydrogens (tertiary/aromatic N) is 6. The van der Waals surface area contributed by atoms with Gasteiger partial charge in [-0.05, 0) is 48.6 Å². The number of fused-ring (bicyclic) bond motifs is 2. The molecule has 6 rings (SSSR count). The summed E-state index contributed by atoms with van der Waals surface area (Å²) in [6.07, 6.45) is 10.0. The van der Waals surface area contributed by atoms with Crippen LogP contribution in [-0.4, -0.2) is 42.1 Å². The van der Waals surface area contributed by atoms with E-state index in [9.17, 15) is 4.79 Å². The molecule has 2 N–H and O–H groups in total. The average molecular weight is 446 g/mol. The largest absolute Gasteiger partial charge is 0.334 e. The first-order chi connectivity index (χ1) is 16.8. The number of allylic oxidation sites excluding steroid dienone is 2. The van der Waals surface area contributed by atoms with Crippen molar-refractivity contribution in [3.63, 3.8) is 0 Å². The molecule has 9 heteroatoms. The van der Waals surface area contributed by atoms with E-state index in [4.69, 9.17) is 0 Å². The van der Waals surface area contributed by atoms with Gasteiger partial charge >= 0.3 is 0 Å². The predicted octanol–water partition coefficient (Wildman–Crippen LogP) is 5.14. The summed E-state index contributed by atoms with van der Waals surface area (Å²) >= 11 is 0. The summed E-state index contributed by atoms with van der Waals surface area (Å²) in [6.45, 7) is 0. The quantitative estimate of drug-likeness (QED) is 0.372. The van der Waals surface area contributed by atoms with Gasteiger partial charge in [0.15, 0.2) is 12.0 Å². The Morgan fingerprint density at radius 1 is 1.00 bits per heavy atom. The third kappa shape index (κ3) is 3.55. The molecule has 34 heavy (non-hydrogen) atoms. The number of azo groups is 1. The zero-order chi connectivity index (χ0) is 22.9. The Labute approximate surface area is 193 Å². The van der Waals surface area contributed by atoms with Crippen molar-refractivity contribution < 1.29 is 4.79 Å². The van der Waals surface area contributed by atoms with Crippen molar-refractivity contribution in [2.45, 2.75) is 6.17 Å². The van der Waals surface area contributed by atoms with Crippen molar-refractivity contribution in [3.05, 3.63) is 97.2 Å². The number of aromatic amines is 2. The van der Waals surface area contributed by atoms with Gasteiger partial charge in [0.1, 0.15) is 5.69 Å². The molecule has 1 aliphatic rings. The molecule has 0 unspecified atom stereocenters. The van der Waals surface area contributed by atoms with Gasteiger partial charge in [-0.2, -0.15) is 15.3 Å². The van der Waals surface area contributed by atoms with E-state index in [0.717, 1.165) is 33.4 Å². The lowest BCUT2D eigenvalue weighted by Gasteiger charge is -2.23. The summed E-state index contributed by atoms with van der Waals surface area (Å²) in [4.78, 5) is 26.6. The summed E-state index contributed by atoms with van der Waals surface area (Å²) in [5, 5.41) is 17.0. The zero-order valence-electron chi connectivity index (χ0n) is 17.8. The summed E-state index contributed by atoms with van der Waals surface area (Å²) in [5.74, 6) is -0.0779. The fraction of sp³-hybridized carbons (Fsp3) is 0.0400. The van der Waals surface area contributed by atoms with E-state index in [0.29, 0.717) is 5.52 Å². The van der Waals surface area contributed by atoms with E-state index in [1.54, 1.807) is 24.7 Å². The van der Waals surface area contributed by atoms with Crippen LogP contribution in [0.2, 0.25) is 0 Å². The Morgan fingerprint density at radius 3 is 2.71 bits per heavy atom. The molecule has 0 spiro atoms. The highest BCUT2D eigenvalue weighted by Crippen LogP contribution is 2.29. The lowest BCUT2D eigenvalue weighted by molar-refractivity contribution is 0.0781. The summed E-state index contributed by atoms with van der Waals surface area (Å²) in [5.41, 5.74) is 4.73. The van der Waals surface area contributed by atoms with E-state index in [2.05, 4.69) is 35.4 Å². The molecule has 9 nitrogen and oxygen atoms in total. The van der Waals surface area contributed by atoms with Crippen molar-refractivity contribution in [1.82, 2.24) is 30.0 Å². The maximum absolute atomic E-state index is 13.3. The predicted molar refractivity (Wildman–Crippen MR) is 128 cm³/mol. The van der Waals surface area contributed by atoms with Gasteiger partial charge in [-0.15, -0.1) is 0 Å². The minimum Gasteiger partial charge on any atom is -0.334 e. The van der Waals surface area contributed by atoms with Crippen LogP contribution in [0.15, 0.2) is 102 Å². The second-order valence-corrected chi connectivity index (χ2v) is 7.71. The van der Waals surface area contributed by atoms with Gasteiger partial charge in [-0.25, -0.2) is 4.98 Å². The van der Waals surface area contributed by atoms with Crippen LogP contribution in [0.25, 0.3) is 33.2 Å². The first-order valence-electron chi connectivity index (χ1n) is 10.7. The lowest BCUT2D eigenvalue weighted by atomic mass is 10.1. The standard InChI is InChI=1S/C25H18N8O/c34-25(33-13-5-4-8-22(33)31-29-17-6-2-1-3-7-17)24-27-20-14-18-19(15-21(20)28-24)30-32-23(18)16-9-11-26-12-10-16/h1-15,22H,(H,27,28)(H,30,32)/t22-/m1/s1. The fourth-order valence-electron chi connectivity index (χ4n) is 3.86. The number of hydrogen-bond acceptors (Lipinski definition) is 6. The number of carbonyl (C=O) groups excluding carboxylic acids is 1. The number of carbonyl (C=O) groups is 1. The number of benzene rings is 2. The summed E-state index contributed by atoms with van der Waals surface area (Å²) in [6, 6.07) is 17.0. The first-order valence-corrected chi connectivity index (χ1v) is 10.7. The van der Waals surface area contributed by atoms with Crippen molar-refractivity contribution in [3.8, 4) is 11.3 Å². The Morgan fingerprint density at radius 2 is 1.85 bits per heavy atom. The number of H-pyrrole nitrogens is 2. The first kappa shape index (κ1) is 19.7. The van der Waals surface area contributed by atoms with E-state index in [-0.39, 0.29) is 11.7 Å². The molecule has 2 aromatic carbocycles. The molecule has 4 heterocycles. The second kappa shape index (κ2) is 8.21. The minimum atomic E-state index is -0.567. The summed E-state index contributed by atoms with van der Waals surface area (Å²) < 4.78 is 0. The maximum Gasteiger partial charge on any atom is 0.295 e. The van der Waals surface area contributed by atoms with Gasteiger partial charge in [0.05, 0.1) is 22.2 Å². The molecule has 1 amide bonds. The fourth-order valence-corrected chi connectivity index (χ4v) is 3.86. The van der Waals surface area contributed by atoms with Crippen LogP contribution in [0.1, 0.15) is 10.6 Å². The van der Waals surface area contributed by atoms with Gasteiger partial charge in [-0.3, -0.25) is 19.8 Å². The molecule has 3 aromatic heterocycles. The van der Waals surface area contributed by atoms with Gasteiger partial charge in [-0.1, -0.05) is 24.3 Å². The van der Waals surface area contributed by atoms with Crippen LogP contribution in [-0.2, 0) is 0 Å². The van der Waals surface area contributed by atoms with Crippen LogP contribution in [0.3, 0.4) is 0 Å². The Bertz CT molecular complexity index is 1580. The average Bonchev–Trinajstić information content (AvgIpc) is 3.50. The topological polar surface area (TPSA) is 115 Å². The Kier molecular flexibility index (Phi) is 4.77. The Balaban J connectivity index is 1.33. The van der Waals surface area contributed by atoms with E-state index >= 15 is 0 Å². The van der Waals surface area contributed by atoms with Gasteiger partial charge in [0.25, 0.3) is 5.91 Å². The Hall–Kier alpha value is -4.92. The summed E-state index contributed by atoms with van der Waals surface area (Å²) in [7, 11) is 0. The van der Waals surface area contributed by atoms with Crippen molar-refractivity contribution in [2.24, 2.45) is 10.2 Å². The minimum absolute atomic E-state index is 0.223. The molecule has 0 saturated heterocycles. The number of amides is 1. The monoisotopic (exact) mass is 446 g/mol. The number of imidazole rings is 1. The number of aromatic nitrogens is 5. The number of pyridine rings is 1. The number of hydrogen-bond donors (Lipinski definition) is 2. The highest BCUT2D eigenvalue weighted by atomic mass is 16.2.